The Balaban J connectivity index is 1.69. The van der Waals surface area contributed by atoms with Crippen LogP contribution in [-0.2, 0) is 9.59 Å². The number of hydrogen-bond donors (Lipinski definition) is 3. The maximum atomic E-state index is 11.9. The summed E-state index contributed by atoms with van der Waals surface area (Å²) in [7, 11) is 0. The van der Waals surface area contributed by atoms with E-state index in [4.69, 9.17) is 5.21 Å². The summed E-state index contributed by atoms with van der Waals surface area (Å²) in [4.78, 5) is 22.8. The van der Waals surface area contributed by atoms with Crippen LogP contribution in [0.4, 0.5) is 5.13 Å². The number of hydroxylamine groups is 1. The lowest BCUT2D eigenvalue weighted by molar-refractivity contribution is -0.129. The summed E-state index contributed by atoms with van der Waals surface area (Å²) in [5.74, 6) is -0.462. The molecule has 25 heavy (non-hydrogen) atoms. The quantitative estimate of drug-likeness (QED) is 0.223. The summed E-state index contributed by atoms with van der Waals surface area (Å²) in [6.45, 7) is 0. The van der Waals surface area contributed by atoms with Crippen molar-refractivity contribution in [2.45, 2.75) is 38.5 Å². The Kier molecular flexibility index (Phi) is 8.22. The second-order valence-electron chi connectivity index (χ2n) is 5.42. The van der Waals surface area contributed by atoms with E-state index in [1.165, 1.54) is 11.3 Å². The van der Waals surface area contributed by atoms with E-state index in [9.17, 15) is 9.59 Å². The monoisotopic (exact) mass is 474 g/mol. The van der Waals surface area contributed by atoms with Gasteiger partial charge in [0.05, 0.1) is 0 Å². The molecule has 0 unspecified atom stereocenters. The number of anilines is 1. The van der Waals surface area contributed by atoms with E-state index in [1.54, 1.807) is 5.48 Å². The topological polar surface area (TPSA) is 104 Å². The third kappa shape index (κ3) is 7.04. The molecule has 0 aliphatic rings. The molecular weight excluding hydrogens is 455 g/mol. The Labute approximate surface area is 163 Å². The first-order chi connectivity index (χ1) is 12.1. The fourth-order valence-electron chi connectivity index (χ4n) is 2.15. The first-order valence-electron chi connectivity index (χ1n) is 7.90. The summed E-state index contributed by atoms with van der Waals surface area (Å²) >= 11 is 3.59. The molecule has 0 spiro atoms. The molecule has 0 atom stereocenters. The van der Waals surface area contributed by atoms with Crippen molar-refractivity contribution in [2.24, 2.45) is 0 Å². The van der Waals surface area contributed by atoms with Gasteiger partial charge in [-0.15, -0.1) is 10.2 Å². The summed E-state index contributed by atoms with van der Waals surface area (Å²) in [6, 6.07) is 7.95. The van der Waals surface area contributed by atoms with Crippen molar-refractivity contribution in [3.8, 4) is 10.6 Å². The van der Waals surface area contributed by atoms with Crippen molar-refractivity contribution in [2.75, 3.05) is 5.32 Å². The van der Waals surface area contributed by atoms with Crippen molar-refractivity contribution in [1.29, 1.82) is 0 Å². The van der Waals surface area contributed by atoms with Gasteiger partial charge in [-0.05, 0) is 47.6 Å². The van der Waals surface area contributed by atoms with Crippen LogP contribution in [-0.4, -0.2) is 27.2 Å². The molecule has 1 heterocycles. The van der Waals surface area contributed by atoms with Crippen molar-refractivity contribution in [3.05, 3.63) is 27.8 Å². The molecule has 2 rings (SSSR count). The van der Waals surface area contributed by atoms with Gasteiger partial charge >= 0.3 is 0 Å². The molecule has 0 aliphatic carbocycles. The van der Waals surface area contributed by atoms with Gasteiger partial charge in [0.15, 0.2) is 0 Å². The highest BCUT2D eigenvalue weighted by atomic mass is 127. The number of carbonyl (C=O) groups is 2. The fraction of sp³-hybridized carbons (Fsp3) is 0.375. The Hall–Kier alpha value is -1.59. The molecule has 9 heteroatoms. The van der Waals surface area contributed by atoms with Gasteiger partial charge in [-0.3, -0.25) is 14.8 Å². The number of aromatic nitrogens is 2. The highest BCUT2D eigenvalue weighted by Gasteiger charge is 2.09. The number of rotatable bonds is 9. The van der Waals surface area contributed by atoms with Crippen LogP contribution < -0.4 is 10.8 Å². The highest BCUT2D eigenvalue weighted by Crippen LogP contribution is 2.26. The van der Waals surface area contributed by atoms with Crippen LogP contribution in [0.25, 0.3) is 10.6 Å². The van der Waals surface area contributed by atoms with Crippen LogP contribution in [0.1, 0.15) is 38.5 Å². The standard InChI is InChI=1S/C16H19IN4O3S/c17-12-9-7-11(8-10-12)15-19-20-16(25-15)18-13(22)5-3-1-2-4-6-14(23)21-24/h7-10,24H,1-6H2,(H,21,23)(H,18,20,22). The number of halogens is 1. The van der Waals surface area contributed by atoms with Gasteiger partial charge < -0.3 is 5.32 Å². The van der Waals surface area contributed by atoms with Gasteiger partial charge in [-0.25, -0.2) is 5.48 Å². The zero-order chi connectivity index (χ0) is 18.1. The lowest BCUT2D eigenvalue weighted by Gasteiger charge is -2.02. The van der Waals surface area contributed by atoms with E-state index in [1.807, 2.05) is 24.3 Å². The minimum Gasteiger partial charge on any atom is -0.301 e. The fourth-order valence-corrected chi connectivity index (χ4v) is 3.27. The van der Waals surface area contributed by atoms with Crippen LogP contribution in [0, 0.1) is 3.57 Å². The molecule has 0 bridgehead atoms. The molecule has 134 valence electrons. The Morgan fingerprint density at radius 3 is 2.28 bits per heavy atom. The van der Waals surface area contributed by atoms with Gasteiger partial charge in [-0.1, -0.05) is 36.3 Å². The third-order valence-corrected chi connectivity index (χ3v) is 5.05. The van der Waals surface area contributed by atoms with Crippen LogP contribution >= 0.6 is 33.9 Å². The molecule has 3 N–H and O–H groups in total. The predicted molar refractivity (Wildman–Crippen MR) is 104 cm³/mol. The lowest BCUT2D eigenvalue weighted by Crippen LogP contribution is -2.17. The maximum absolute atomic E-state index is 11.9. The van der Waals surface area contributed by atoms with Crippen LogP contribution in [0.3, 0.4) is 0 Å². The van der Waals surface area contributed by atoms with E-state index >= 15 is 0 Å². The molecule has 0 saturated carbocycles. The average molecular weight is 474 g/mol. The largest absolute Gasteiger partial charge is 0.301 e. The van der Waals surface area contributed by atoms with E-state index in [0.717, 1.165) is 33.4 Å². The molecule has 7 nitrogen and oxygen atoms in total. The SMILES string of the molecule is O=C(CCCCCCC(=O)Nc1nnc(-c2ccc(I)cc2)s1)NO. The molecule has 0 fully saturated rings. The normalized spacial score (nSPS) is 10.5. The first-order valence-corrected chi connectivity index (χ1v) is 9.80. The summed E-state index contributed by atoms with van der Waals surface area (Å²) in [5.41, 5.74) is 2.58. The molecule has 1 aromatic heterocycles. The lowest BCUT2D eigenvalue weighted by atomic mass is 10.1. The second-order valence-corrected chi connectivity index (χ2v) is 7.64. The maximum Gasteiger partial charge on any atom is 0.243 e. The molecule has 0 aliphatic heterocycles. The summed E-state index contributed by atoms with van der Waals surface area (Å²) < 4.78 is 1.15. The Bertz CT molecular complexity index is 706. The van der Waals surface area contributed by atoms with Gasteiger partial charge in [0, 0.05) is 22.0 Å². The minimum atomic E-state index is -0.377. The zero-order valence-electron chi connectivity index (χ0n) is 13.5. The van der Waals surface area contributed by atoms with E-state index in [-0.39, 0.29) is 11.8 Å². The van der Waals surface area contributed by atoms with E-state index < -0.39 is 0 Å². The van der Waals surface area contributed by atoms with Crippen molar-refractivity contribution in [1.82, 2.24) is 15.7 Å². The average Bonchev–Trinajstić information content (AvgIpc) is 3.06. The summed E-state index contributed by atoms with van der Waals surface area (Å²) in [6.07, 6.45) is 3.85. The van der Waals surface area contributed by atoms with Crippen LogP contribution in [0.2, 0.25) is 0 Å². The molecule has 1 aromatic carbocycles. The number of benzene rings is 1. The number of nitrogens with zero attached hydrogens (tertiary/aromatic N) is 2. The van der Waals surface area contributed by atoms with Crippen LogP contribution in [0.15, 0.2) is 24.3 Å². The van der Waals surface area contributed by atoms with Crippen molar-refractivity contribution in [3.63, 3.8) is 0 Å². The molecule has 2 aromatic rings. The Morgan fingerprint density at radius 2 is 1.64 bits per heavy atom. The zero-order valence-corrected chi connectivity index (χ0v) is 16.5. The van der Waals surface area contributed by atoms with E-state index in [0.29, 0.717) is 24.4 Å². The number of carbonyl (C=O) groups excluding carboxylic acids is 2. The van der Waals surface area contributed by atoms with Crippen LogP contribution in [0.5, 0.6) is 0 Å². The van der Waals surface area contributed by atoms with Gasteiger partial charge in [0.25, 0.3) is 0 Å². The smallest absolute Gasteiger partial charge is 0.243 e. The van der Waals surface area contributed by atoms with Crippen molar-refractivity contribution >= 4 is 50.9 Å². The van der Waals surface area contributed by atoms with Gasteiger partial charge in [0.2, 0.25) is 16.9 Å². The van der Waals surface area contributed by atoms with Gasteiger partial charge in [0.1, 0.15) is 5.01 Å². The molecule has 0 radical (unpaired) electrons. The Morgan fingerprint density at radius 1 is 1.00 bits per heavy atom. The number of nitrogens with one attached hydrogen (secondary N) is 2. The molecule has 0 saturated heterocycles. The first kappa shape index (κ1) is 19.7. The second kappa shape index (κ2) is 10.4. The van der Waals surface area contributed by atoms with Gasteiger partial charge in [-0.2, -0.15) is 0 Å². The number of amides is 2. The molecule has 2 amide bonds. The predicted octanol–water partition coefficient (Wildman–Crippen LogP) is 3.59. The van der Waals surface area contributed by atoms with E-state index in [2.05, 4.69) is 38.1 Å². The number of unbranched alkanes of at least 4 members (excludes halogenated alkanes) is 3. The third-order valence-electron chi connectivity index (χ3n) is 3.44. The number of hydrogen-bond acceptors (Lipinski definition) is 6. The molecular formula is C16H19IN4O3S. The van der Waals surface area contributed by atoms with Crippen molar-refractivity contribution < 1.29 is 14.8 Å². The minimum absolute atomic E-state index is 0.0848. The summed E-state index contributed by atoms with van der Waals surface area (Å²) in [5, 5.41) is 20.5. The highest BCUT2D eigenvalue weighted by molar-refractivity contribution is 14.1.